The van der Waals surface area contributed by atoms with Gasteiger partial charge in [-0.25, -0.2) is 9.18 Å². The summed E-state index contributed by atoms with van der Waals surface area (Å²) in [4.78, 5) is 10.1. The number of amides is 1. The highest BCUT2D eigenvalue weighted by molar-refractivity contribution is 6.47. The number of para-hydroxylation sites is 1. The van der Waals surface area contributed by atoms with Crippen molar-refractivity contribution in [3.63, 3.8) is 0 Å². The van der Waals surface area contributed by atoms with E-state index < -0.39 is 23.2 Å². The second kappa shape index (κ2) is 7.42. The number of carbonyl (C=O) groups is 1. The SMILES string of the molecule is O=C(O)Nc1ccccc1.OCC(F)(F)C(F)(Cl)Cl. The van der Waals surface area contributed by atoms with E-state index in [-0.39, 0.29) is 0 Å². The second-order valence-electron chi connectivity index (χ2n) is 3.16. The summed E-state index contributed by atoms with van der Waals surface area (Å²) in [5, 5.41) is 18.2. The number of aliphatic hydroxyl groups is 1. The maximum atomic E-state index is 11.8. The van der Waals surface area contributed by atoms with Crippen LogP contribution in [0.25, 0.3) is 0 Å². The van der Waals surface area contributed by atoms with Gasteiger partial charge in [-0.1, -0.05) is 41.4 Å². The monoisotopic (exact) mass is 319 g/mol. The van der Waals surface area contributed by atoms with Crippen LogP contribution in [0.5, 0.6) is 0 Å². The number of rotatable bonds is 3. The summed E-state index contributed by atoms with van der Waals surface area (Å²) in [5.41, 5.74) is 0.593. The number of alkyl halides is 5. The number of aliphatic hydroxyl groups excluding tert-OH is 1. The standard InChI is InChI=1S/C7H7NO2.C3H3Cl2F3O/c9-7(10)8-6-4-2-1-3-5-6;4-3(5,8)2(6,7)1-9/h1-5,8H,(H,9,10);9H,1H2. The van der Waals surface area contributed by atoms with E-state index in [4.69, 9.17) is 10.2 Å². The maximum Gasteiger partial charge on any atom is 0.409 e. The minimum absolute atomic E-state index is 0.593. The lowest BCUT2D eigenvalue weighted by atomic mass is 10.3. The molecule has 1 aromatic rings. The van der Waals surface area contributed by atoms with E-state index in [0.29, 0.717) is 5.69 Å². The summed E-state index contributed by atoms with van der Waals surface area (Å²) in [6, 6.07) is 8.74. The van der Waals surface area contributed by atoms with Crippen molar-refractivity contribution in [2.45, 2.75) is 10.5 Å². The minimum Gasteiger partial charge on any atom is -0.465 e. The Balaban J connectivity index is 0.000000344. The van der Waals surface area contributed by atoms with Gasteiger partial charge in [-0.3, -0.25) is 5.32 Å². The first-order chi connectivity index (χ1) is 8.60. The van der Waals surface area contributed by atoms with E-state index in [1.54, 1.807) is 24.3 Å². The number of nitrogens with one attached hydrogen (secondary N) is 1. The Labute approximate surface area is 116 Å². The van der Waals surface area contributed by atoms with Crippen LogP contribution in [0.1, 0.15) is 0 Å². The van der Waals surface area contributed by atoms with Crippen molar-refractivity contribution >= 4 is 35.0 Å². The van der Waals surface area contributed by atoms with Crippen LogP contribution >= 0.6 is 23.2 Å². The summed E-state index contributed by atoms with van der Waals surface area (Å²) in [6.45, 7) is -1.71. The number of hydrogen-bond acceptors (Lipinski definition) is 2. The fraction of sp³-hybridized carbons (Fsp3) is 0.300. The molecule has 4 nitrogen and oxygen atoms in total. The van der Waals surface area contributed by atoms with Crippen LogP contribution in [0.3, 0.4) is 0 Å². The van der Waals surface area contributed by atoms with Gasteiger partial charge in [0.25, 0.3) is 0 Å². The van der Waals surface area contributed by atoms with Gasteiger partial charge in [-0.2, -0.15) is 8.78 Å². The first kappa shape index (κ1) is 17.8. The van der Waals surface area contributed by atoms with Crippen molar-refractivity contribution in [3.05, 3.63) is 30.3 Å². The predicted octanol–water partition coefficient (Wildman–Crippen LogP) is 3.49. The summed E-state index contributed by atoms with van der Waals surface area (Å²) in [5.74, 6) is -4.10. The topological polar surface area (TPSA) is 69.6 Å². The molecule has 0 saturated carbocycles. The highest BCUT2D eigenvalue weighted by atomic mass is 35.5. The molecule has 1 amide bonds. The molecule has 0 unspecified atom stereocenters. The Morgan fingerprint density at radius 1 is 1.21 bits per heavy atom. The molecule has 0 aliphatic rings. The first-order valence-corrected chi connectivity index (χ1v) is 5.46. The fourth-order valence-corrected chi connectivity index (χ4v) is 0.854. The molecule has 0 spiro atoms. The molecule has 0 radical (unpaired) electrons. The minimum atomic E-state index is -4.10. The van der Waals surface area contributed by atoms with Crippen molar-refractivity contribution < 1.29 is 28.2 Å². The lowest BCUT2D eigenvalue weighted by Gasteiger charge is -2.19. The normalized spacial score (nSPS) is 11.3. The van der Waals surface area contributed by atoms with Gasteiger partial charge < -0.3 is 10.2 Å². The summed E-state index contributed by atoms with van der Waals surface area (Å²) < 4.78 is 31.6. The largest absolute Gasteiger partial charge is 0.465 e. The van der Waals surface area contributed by atoms with Crippen molar-refractivity contribution in [1.29, 1.82) is 0 Å². The maximum absolute atomic E-state index is 11.8. The van der Waals surface area contributed by atoms with Crippen LogP contribution in [0.15, 0.2) is 30.3 Å². The molecule has 0 saturated heterocycles. The van der Waals surface area contributed by atoms with E-state index in [9.17, 15) is 18.0 Å². The van der Waals surface area contributed by atoms with Crippen molar-refractivity contribution in [2.75, 3.05) is 11.9 Å². The van der Waals surface area contributed by atoms with E-state index in [1.165, 1.54) is 0 Å². The van der Waals surface area contributed by atoms with Crippen LogP contribution in [0, 0.1) is 0 Å². The van der Waals surface area contributed by atoms with Crippen molar-refractivity contribution in [2.24, 2.45) is 0 Å². The highest BCUT2D eigenvalue weighted by Crippen LogP contribution is 2.39. The molecule has 0 aliphatic heterocycles. The third-order valence-corrected chi connectivity index (χ3v) is 2.19. The van der Waals surface area contributed by atoms with Crippen molar-refractivity contribution in [1.82, 2.24) is 0 Å². The molecule has 19 heavy (non-hydrogen) atoms. The lowest BCUT2D eigenvalue weighted by molar-refractivity contribution is -0.0961. The molecule has 0 fully saturated rings. The van der Waals surface area contributed by atoms with Crippen LogP contribution in [0.4, 0.5) is 23.7 Å². The Morgan fingerprint density at radius 3 is 1.95 bits per heavy atom. The summed E-state index contributed by atoms with van der Waals surface area (Å²) in [7, 11) is 0. The molecule has 1 aromatic carbocycles. The molecule has 1 rings (SSSR count). The van der Waals surface area contributed by atoms with Gasteiger partial charge in [0.05, 0.1) is 0 Å². The Morgan fingerprint density at radius 2 is 1.68 bits per heavy atom. The van der Waals surface area contributed by atoms with E-state index in [0.717, 1.165) is 0 Å². The molecular formula is C10H10Cl2F3NO3. The quantitative estimate of drug-likeness (QED) is 0.747. The number of halogens is 5. The van der Waals surface area contributed by atoms with Crippen molar-refractivity contribution in [3.8, 4) is 0 Å². The fourth-order valence-electron chi connectivity index (χ4n) is 0.735. The molecule has 0 aliphatic carbocycles. The smallest absolute Gasteiger partial charge is 0.409 e. The van der Waals surface area contributed by atoms with Gasteiger partial charge in [0.15, 0.2) is 0 Å². The van der Waals surface area contributed by atoms with Crippen LogP contribution < -0.4 is 5.32 Å². The number of carboxylic acid groups (broad SMARTS) is 1. The molecule has 0 aromatic heterocycles. The van der Waals surface area contributed by atoms with Gasteiger partial charge in [-0.15, -0.1) is 0 Å². The molecule has 3 N–H and O–H groups in total. The number of benzene rings is 1. The number of anilines is 1. The molecule has 0 atom stereocenters. The Hall–Kier alpha value is -1.18. The highest BCUT2D eigenvalue weighted by Gasteiger charge is 2.52. The summed E-state index contributed by atoms with van der Waals surface area (Å²) in [6.07, 6.45) is -1.04. The average molecular weight is 320 g/mol. The van der Waals surface area contributed by atoms with E-state index in [1.807, 2.05) is 6.07 Å². The Kier molecular flexibility index (Phi) is 6.96. The third kappa shape index (κ3) is 7.09. The number of hydrogen-bond donors (Lipinski definition) is 3. The van der Waals surface area contributed by atoms with Gasteiger partial charge >= 0.3 is 16.6 Å². The van der Waals surface area contributed by atoms with Gasteiger partial charge in [0.1, 0.15) is 6.61 Å². The van der Waals surface area contributed by atoms with E-state index >= 15 is 0 Å². The zero-order valence-electron chi connectivity index (χ0n) is 9.29. The second-order valence-corrected chi connectivity index (χ2v) is 4.39. The van der Waals surface area contributed by atoms with Gasteiger partial charge in [0.2, 0.25) is 0 Å². The molecule has 0 bridgehead atoms. The predicted molar refractivity (Wildman–Crippen MR) is 65.7 cm³/mol. The van der Waals surface area contributed by atoms with Crippen LogP contribution in [-0.2, 0) is 0 Å². The molecule has 9 heteroatoms. The first-order valence-electron chi connectivity index (χ1n) is 4.70. The summed E-state index contributed by atoms with van der Waals surface area (Å²) >= 11 is 8.63. The van der Waals surface area contributed by atoms with Gasteiger partial charge in [0, 0.05) is 5.69 Å². The average Bonchev–Trinajstić information content (AvgIpc) is 2.29. The zero-order valence-corrected chi connectivity index (χ0v) is 10.8. The molecular weight excluding hydrogens is 310 g/mol. The molecule has 108 valence electrons. The van der Waals surface area contributed by atoms with Gasteiger partial charge in [-0.05, 0) is 12.1 Å². The Bertz CT molecular complexity index is 399. The zero-order chi connectivity index (χ0) is 15.1. The lowest BCUT2D eigenvalue weighted by Crippen LogP contribution is -2.37. The third-order valence-electron chi connectivity index (χ3n) is 1.64. The molecule has 0 heterocycles. The van der Waals surface area contributed by atoms with E-state index in [2.05, 4.69) is 28.5 Å². The van der Waals surface area contributed by atoms with Crippen LogP contribution in [0.2, 0.25) is 0 Å². The van der Waals surface area contributed by atoms with Crippen LogP contribution in [-0.4, -0.2) is 33.4 Å².